The largest absolute Gasteiger partial charge is 0.303 e. The Balaban J connectivity index is 3.78. The topological polar surface area (TPSA) is 60.2 Å². The highest BCUT2D eigenvalue weighted by Gasteiger charge is 2.06. The Labute approximate surface area is 146 Å². The van der Waals surface area contributed by atoms with Crippen molar-refractivity contribution in [1.82, 2.24) is 0 Å². The van der Waals surface area contributed by atoms with Crippen molar-refractivity contribution in [2.75, 3.05) is 0 Å². The van der Waals surface area contributed by atoms with Crippen molar-refractivity contribution < 1.29 is 9.72 Å². The molecule has 24 heavy (non-hydrogen) atoms. The molecule has 4 nitrogen and oxygen atoms in total. The molecule has 0 saturated carbocycles. The highest BCUT2D eigenvalue weighted by molar-refractivity contribution is 5.49. The molecule has 0 fully saturated rings. The molecule has 4 heteroatoms. The summed E-state index contributed by atoms with van der Waals surface area (Å²) in [4.78, 5) is 20.8. The highest BCUT2D eigenvalue weighted by Crippen LogP contribution is 2.09. The maximum atomic E-state index is 10.9. The second kappa shape index (κ2) is 17.6. The van der Waals surface area contributed by atoms with Gasteiger partial charge in [-0.25, -0.2) is 0 Å². The summed E-state index contributed by atoms with van der Waals surface area (Å²) in [5.41, 5.74) is 0.216. The second-order valence-corrected chi connectivity index (χ2v) is 5.99. The molecule has 0 bridgehead atoms. The Kier molecular flexibility index (Phi) is 16.4. The van der Waals surface area contributed by atoms with Crippen LogP contribution >= 0.6 is 0 Å². The van der Waals surface area contributed by atoms with Crippen molar-refractivity contribution in [3.63, 3.8) is 0 Å². The maximum absolute atomic E-state index is 10.9. The number of carbonyl (C=O) groups is 1. The summed E-state index contributed by atoms with van der Waals surface area (Å²) in [7, 11) is 0. The lowest BCUT2D eigenvalue weighted by Crippen LogP contribution is -1.97. The van der Waals surface area contributed by atoms with Crippen molar-refractivity contribution in [2.45, 2.75) is 84.0 Å². The summed E-state index contributed by atoms with van der Waals surface area (Å²) in [5.74, 6) is 0. The van der Waals surface area contributed by atoms with Gasteiger partial charge in [-0.15, -0.1) is 0 Å². The zero-order valence-corrected chi connectivity index (χ0v) is 15.1. The zero-order valence-electron chi connectivity index (χ0n) is 15.1. The van der Waals surface area contributed by atoms with Gasteiger partial charge in [-0.1, -0.05) is 63.3 Å². The number of allylic oxidation sites excluding steroid dienone is 5. The third-order valence-electron chi connectivity index (χ3n) is 3.80. The molecule has 136 valence electrons. The van der Waals surface area contributed by atoms with E-state index in [0.29, 0.717) is 25.7 Å². The van der Waals surface area contributed by atoms with E-state index < -0.39 is 0 Å². The monoisotopic (exact) mass is 335 g/mol. The summed E-state index contributed by atoms with van der Waals surface area (Å²) in [6.07, 6.45) is 22.5. The van der Waals surface area contributed by atoms with Crippen LogP contribution in [0.5, 0.6) is 0 Å². The van der Waals surface area contributed by atoms with Crippen LogP contribution in [0.3, 0.4) is 0 Å². The minimum absolute atomic E-state index is 0.216. The van der Waals surface area contributed by atoms with E-state index in [1.807, 2.05) is 12.2 Å². The van der Waals surface area contributed by atoms with Gasteiger partial charge in [0.15, 0.2) is 0 Å². The Hall–Kier alpha value is -1.71. The quantitative estimate of drug-likeness (QED) is 0.112. The van der Waals surface area contributed by atoms with Crippen LogP contribution in [0, 0.1) is 10.1 Å². The highest BCUT2D eigenvalue weighted by atomic mass is 16.6. The fourth-order valence-electron chi connectivity index (χ4n) is 2.34. The summed E-state index contributed by atoms with van der Waals surface area (Å²) < 4.78 is 0. The van der Waals surface area contributed by atoms with E-state index in [-0.39, 0.29) is 10.6 Å². The molecule has 0 atom stereocenters. The van der Waals surface area contributed by atoms with Gasteiger partial charge in [0, 0.05) is 6.42 Å². The van der Waals surface area contributed by atoms with Gasteiger partial charge in [0.2, 0.25) is 5.70 Å². The molecule has 0 amide bonds. The maximum Gasteiger partial charge on any atom is 0.246 e. The summed E-state index contributed by atoms with van der Waals surface area (Å²) in [5, 5.41) is 10.9. The zero-order chi connectivity index (χ0) is 17.9. The molecule has 0 aromatic carbocycles. The molecule has 0 rings (SSSR count). The Morgan fingerprint density at radius 3 is 2.29 bits per heavy atom. The molecule has 0 aromatic heterocycles. The van der Waals surface area contributed by atoms with Crippen LogP contribution in [0.1, 0.15) is 84.0 Å². The predicted octanol–water partition coefficient (Wildman–Crippen LogP) is 6.16. The molecule has 0 spiro atoms. The Morgan fingerprint density at radius 1 is 0.875 bits per heavy atom. The fourth-order valence-corrected chi connectivity index (χ4v) is 2.34. The van der Waals surface area contributed by atoms with E-state index in [9.17, 15) is 14.9 Å². The van der Waals surface area contributed by atoms with Gasteiger partial charge in [0.25, 0.3) is 0 Å². The van der Waals surface area contributed by atoms with Gasteiger partial charge in [0.05, 0.1) is 11.3 Å². The van der Waals surface area contributed by atoms with E-state index in [4.69, 9.17) is 0 Å². The van der Waals surface area contributed by atoms with Crippen molar-refractivity contribution in [1.29, 1.82) is 0 Å². The Morgan fingerprint density at radius 2 is 1.58 bits per heavy atom. The molecule has 0 aliphatic heterocycles. The van der Waals surface area contributed by atoms with Crippen LogP contribution in [-0.2, 0) is 4.79 Å². The normalized spacial score (nSPS) is 12.3. The molecule has 0 aromatic rings. The van der Waals surface area contributed by atoms with Crippen molar-refractivity contribution in [3.8, 4) is 0 Å². The van der Waals surface area contributed by atoms with E-state index in [1.165, 1.54) is 38.5 Å². The first-order valence-electron chi connectivity index (χ1n) is 9.29. The van der Waals surface area contributed by atoms with Crippen LogP contribution in [0.2, 0.25) is 0 Å². The lowest BCUT2D eigenvalue weighted by Gasteiger charge is -1.97. The summed E-state index contributed by atoms with van der Waals surface area (Å²) in [6.45, 7) is 2.23. The van der Waals surface area contributed by atoms with Crippen LogP contribution in [0.15, 0.2) is 36.1 Å². The summed E-state index contributed by atoms with van der Waals surface area (Å²) in [6, 6.07) is 0. The minimum Gasteiger partial charge on any atom is -0.303 e. The molecule has 0 radical (unpaired) electrons. The number of carbonyl (C=O) groups excluding carboxylic acids is 1. The average Bonchev–Trinajstić information content (AvgIpc) is 2.57. The molecule has 0 N–H and O–H groups in total. The molecular formula is C20H33NO3. The number of aldehydes is 1. The molecule has 0 unspecified atom stereocenters. The molecular weight excluding hydrogens is 302 g/mol. The van der Waals surface area contributed by atoms with Crippen LogP contribution < -0.4 is 0 Å². The lowest BCUT2D eigenvalue weighted by molar-refractivity contribution is -0.427. The molecule has 0 aliphatic carbocycles. The third kappa shape index (κ3) is 15.2. The van der Waals surface area contributed by atoms with Gasteiger partial charge in [0.1, 0.15) is 6.29 Å². The van der Waals surface area contributed by atoms with E-state index in [0.717, 1.165) is 19.1 Å². The van der Waals surface area contributed by atoms with Gasteiger partial charge in [-0.2, -0.15) is 0 Å². The number of rotatable bonds is 16. The van der Waals surface area contributed by atoms with Crippen molar-refractivity contribution in [2.24, 2.45) is 0 Å². The van der Waals surface area contributed by atoms with Crippen molar-refractivity contribution in [3.05, 3.63) is 46.2 Å². The summed E-state index contributed by atoms with van der Waals surface area (Å²) >= 11 is 0. The number of hydrogen-bond acceptors (Lipinski definition) is 3. The second-order valence-electron chi connectivity index (χ2n) is 5.99. The van der Waals surface area contributed by atoms with E-state index in [2.05, 4.69) is 19.1 Å². The standard InChI is InChI=1S/C20H33NO3/c1-2-3-4-5-6-7-8-9-10-11-12-14-17-20(21(23)24)18-15-13-16-19-22/h9-10,12,14,18-19H,2-8,11,13,15-17H2,1H3/b10-9+,14-12+,20-18-. The first-order chi connectivity index (χ1) is 11.7. The average molecular weight is 335 g/mol. The SMILES string of the molecule is CCCCCCCC/C=C/C/C=C/C/C(=C/CCCC=O)[N+](=O)[O-]. The number of nitro groups is 1. The first-order valence-corrected chi connectivity index (χ1v) is 9.29. The number of unbranched alkanes of at least 4 members (excludes halogenated alkanes) is 8. The fraction of sp³-hybridized carbons (Fsp3) is 0.650. The number of nitrogens with zero attached hydrogens (tertiary/aromatic N) is 1. The van der Waals surface area contributed by atoms with Crippen LogP contribution in [-0.4, -0.2) is 11.2 Å². The van der Waals surface area contributed by atoms with Gasteiger partial charge < -0.3 is 4.79 Å². The van der Waals surface area contributed by atoms with E-state index in [1.54, 1.807) is 6.08 Å². The number of hydrogen-bond donors (Lipinski definition) is 0. The molecule has 0 saturated heterocycles. The molecule has 0 heterocycles. The van der Waals surface area contributed by atoms with Crippen LogP contribution in [0.25, 0.3) is 0 Å². The first kappa shape index (κ1) is 22.3. The van der Waals surface area contributed by atoms with Crippen molar-refractivity contribution >= 4 is 6.29 Å². The molecule has 0 aliphatic rings. The van der Waals surface area contributed by atoms with Crippen LogP contribution in [0.4, 0.5) is 0 Å². The third-order valence-corrected chi connectivity index (χ3v) is 3.80. The smallest absolute Gasteiger partial charge is 0.246 e. The predicted molar refractivity (Wildman–Crippen MR) is 100 cm³/mol. The van der Waals surface area contributed by atoms with E-state index >= 15 is 0 Å². The van der Waals surface area contributed by atoms with Gasteiger partial charge >= 0.3 is 0 Å². The lowest BCUT2D eigenvalue weighted by atomic mass is 10.1. The van der Waals surface area contributed by atoms with Gasteiger partial charge in [-0.05, 0) is 38.2 Å². The minimum atomic E-state index is -0.334. The van der Waals surface area contributed by atoms with Gasteiger partial charge in [-0.3, -0.25) is 10.1 Å². The Bertz CT molecular complexity index is 411.